The minimum Gasteiger partial charge on any atom is -0.346 e. The first-order valence-electron chi connectivity index (χ1n) is 6.40. The van der Waals surface area contributed by atoms with E-state index < -0.39 is 0 Å². The number of nitrogens with zero attached hydrogens (tertiary/aromatic N) is 2. The summed E-state index contributed by atoms with van der Waals surface area (Å²) in [5, 5.41) is 1.17. The van der Waals surface area contributed by atoms with Gasteiger partial charge >= 0.3 is 0 Å². The largest absolute Gasteiger partial charge is 0.346 e. The lowest BCUT2D eigenvalue weighted by molar-refractivity contribution is 0.402. The lowest BCUT2D eigenvalue weighted by Gasteiger charge is -2.11. The van der Waals surface area contributed by atoms with E-state index in [2.05, 4.69) is 65.4 Å². The van der Waals surface area contributed by atoms with Crippen molar-refractivity contribution >= 4 is 11.0 Å². The molecule has 0 atom stereocenters. The van der Waals surface area contributed by atoms with Crippen molar-refractivity contribution in [2.24, 2.45) is 0 Å². The van der Waals surface area contributed by atoms with E-state index in [1.165, 1.54) is 22.1 Å². The molecule has 3 rings (SSSR count). The van der Waals surface area contributed by atoms with Crippen LogP contribution < -0.4 is 0 Å². The van der Waals surface area contributed by atoms with Gasteiger partial charge in [-0.2, -0.15) is 0 Å². The average molecular weight is 251 g/mol. The number of benzene rings is 1. The van der Waals surface area contributed by atoms with Crippen LogP contribution in [-0.2, 0) is 6.54 Å². The van der Waals surface area contributed by atoms with Crippen LogP contribution in [0.25, 0.3) is 22.2 Å². The van der Waals surface area contributed by atoms with Gasteiger partial charge in [0, 0.05) is 24.3 Å². The van der Waals surface area contributed by atoms with Gasteiger partial charge in [0.15, 0.2) is 0 Å². The van der Waals surface area contributed by atoms with Gasteiger partial charge in [0.05, 0.1) is 0 Å². The lowest BCUT2D eigenvalue weighted by atomic mass is 10.0. The highest BCUT2D eigenvalue weighted by molar-refractivity contribution is 5.92. The first-order valence-corrected chi connectivity index (χ1v) is 6.40. The third kappa shape index (κ3) is 2.37. The highest BCUT2D eigenvalue weighted by atomic mass is 15.0. The molecule has 3 nitrogen and oxygen atoms in total. The van der Waals surface area contributed by atoms with E-state index in [0.29, 0.717) is 0 Å². The van der Waals surface area contributed by atoms with Gasteiger partial charge in [-0.1, -0.05) is 18.2 Å². The Morgan fingerprint density at radius 3 is 2.89 bits per heavy atom. The van der Waals surface area contributed by atoms with Crippen molar-refractivity contribution in [1.29, 1.82) is 0 Å². The summed E-state index contributed by atoms with van der Waals surface area (Å²) < 4.78 is 0. The molecule has 19 heavy (non-hydrogen) atoms. The van der Waals surface area contributed by atoms with Gasteiger partial charge in [0.25, 0.3) is 0 Å². The molecule has 0 fully saturated rings. The quantitative estimate of drug-likeness (QED) is 0.774. The van der Waals surface area contributed by atoms with Gasteiger partial charge in [-0.15, -0.1) is 0 Å². The Morgan fingerprint density at radius 1 is 1.16 bits per heavy atom. The Kier molecular flexibility index (Phi) is 3.05. The fraction of sp³-hybridized carbons (Fsp3) is 0.188. The monoisotopic (exact) mass is 251 g/mol. The summed E-state index contributed by atoms with van der Waals surface area (Å²) in [5.74, 6) is 0. The molecule has 0 aliphatic carbocycles. The zero-order valence-electron chi connectivity index (χ0n) is 11.2. The van der Waals surface area contributed by atoms with E-state index in [4.69, 9.17) is 0 Å². The van der Waals surface area contributed by atoms with Crippen LogP contribution in [0, 0.1) is 0 Å². The van der Waals surface area contributed by atoms with Crippen LogP contribution in [0.2, 0.25) is 0 Å². The van der Waals surface area contributed by atoms with Crippen LogP contribution in [0.15, 0.2) is 48.8 Å². The van der Waals surface area contributed by atoms with Gasteiger partial charge in [-0.05, 0) is 49.0 Å². The minimum atomic E-state index is 0.940. The van der Waals surface area contributed by atoms with Crippen LogP contribution in [0.1, 0.15) is 5.56 Å². The molecule has 0 aliphatic heterocycles. The molecular weight excluding hydrogens is 234 g/mol. The van der Waals surface area contributed by atoms with Crippen molar-refractivity contribution in [1.82, 2.24) is 14.9 Å². The number of aromatic nitrogens is 2. The molecule has 0 unspecified atom stereocenters. The molecular formula is C16H17N3. The summed E-state index contributed by atoms with van der Waals surface area (Å²) in [5.41, 5.74) is 4.73. The molecule has 0 bridgehead atoms. The fourth-order valence-electron chi connectivity index (χ4n) is 2.41. The molecule has 3 aromatic rings. The molecule has 0 spiro atoms. The normalized spacial score (nSPS) is 11.3. The predicted molar refractivity (Wildman–Crippen MR) is 78.9 cm³/mol. The second-order valence-corrected chi connectivity index (χ2v) is 5.04. The summed E-state index contributed by atoms with van der Waals surface area (Å²) in [6.07, 6.45) is 3.79. The van der Waals surface area contributed by atoms with Crippen molar-refractivity contribution in [2.75, 3.05) is 14.1 Å². The van der Waals surface area contributed by atoms with Crippen molar-refractivity contribution < 1.29 is 0 Å². The zero-order chi connectivity index (χ0) is 13.2. The van der Waals surface area contributed by atoms with Crippen LogP contribution >= 0.6 is 0 Å². The molecule has 2 aromatic heterocycles. The van der Waals surface area contributed by atoms with E-state index in [0.717, 1.165) is 12.2 Å². The number of hydrogen-bond acceptors (Lipinski definition) is 2. The van der Waals surface area contributed by atoms with Crippen LogP contribution in [0.3, 0.4) is 0 Å². The van der Waals surface area contributed by atoms with Gasteiger partial charge < -0.3 is 9.88 Å². The minimum absolute atomic E-state index is 0.940. The molecule has 0 amide bonds. The molecule has 3 heteroatoms. The van der Waals surface area contributed by atoms with E-state index >= 15 is 0 Å². The Bertz CT molecular complexity index is 698. The molecule has 0 saturated carbocycles. The van der Waals surface area contributed by atoms with Crippen LogP contribution in [0.4, 0.5) is 0 Å². The summed E-state index contributed by atoms with van der Waals surface area (Å²) in [4.78, 5) is 9.67. The summed E-state index contributed by atoms with van der Waals surface area (Å²) in [7, 11) is 4.17. The third-order valence-corrected chi connectivity index (χ3v) is 3.20. The maximum absolute atomic E-state index is 4.33. The first kappa shape index (κ1) is 11.9. The zero-order valence-corrected chi connectivity index (χ0v) is 11.2. The second kappa shape index (κ2) is 4.86. The van der Waals surface area contributed by atoms with Gasteiger partial charge in [-0.3, -0.25) is 0 Å². The lowest BCUT2D eigenvalue weighted by Crippen LogP contribution is -2.10. The van der Waals surface area contributed by atoms with Crippen LogP contribution in [0.5, 0.6) is 0 Å². The van der Waals surface area contributed by atoms with Crippen LogP contribution in [-0.4, -0.2) is 29.0 Å². The highest BCUT2D eigenvalue weighted by Gasteiger charge is 2.06. The second-order valence-electron chi connectivity index (χ2n) is 5.04. The third-order valence-electron chi connectivity index (χ3n) is 3.20. The highest BCUT2D eigenvalue weighted by Crippen LogP contribution is 2.27. The summed E-state index contributed by atoms with van der Waals surface area (Å²) >= 11 is 0. The molecule has 96 valence electrons. The number of pyridine rings is 1. The standard InChI is InChI=1S/C16H17N3/c1-19(2)11-12-4-3-5-13(10-12)14-6-8-17-16-15(14)7-9-18-16/h3-10H,11H2,1-2H3,(H,17,18). The Morgan fingerprint density at radius 2 is 2.05 bits per heavy atom. The topological polar surface area (TPSA) is 31.9 Å². The molecule has 1 aromatic carbocycles. The van der Waals surface area contributed by atoms with E-state index in [1.807, 2.05) is 12.4 Å². The summed E-state index contributed by atoms with van der Waals surface area (Å²) in [6.45, 7) is 0.954. The van der Waals surface area contributed by atoms with E-state index in [1.54, 1.807) is 0 Å². The number of H-pyrrole nitrogens is 1. The average Bonchev–Trinajstić information content (AvgIpc) is 2.86. The Hall–Kier alpha value is -2.13. The number of hydrogen-bond donors (Lipinski definition) is 1. The van der Waals surface area contributed by atoms with Crippen molar-refractivity contribution in [3.8, 4) is 11.1 Å². The molecule has 0 radical (unpaired) electrons. The predicted octanol–water partition coefficient (Wildman–Crippen LogP) is 3.29. The SMILES string of the molecule is CN(C)Cc1cccc(-c2ccnc3[nH]ccc23)c1. The molecule has 0 aliphatic rings. The van der Waals surface area contributed by atoms with E-state index in [9.17, 15) is 0 Å². The van der Waals surface area contributed by atoms with Crippen molar-refractivity contribution in [2.45, 2.75) is 6.54 Å². The Labute approximate surface area is 112 Å². The number of fused-ring (bicyclic) bond motifs is 1. The van der Waals surface area contributed by atoms with E-state index in [-0.39, 0.29) is 0 Å². The van der Waals surface area contributed by atoms with Crippen molar-refractivity contribution in [3.05, 3.63) is 54.4 Å². The number of aromatic amines is 1. The maximum Gasteiger partial charge on any atom is 0.137 e. The van der Waals surface area contributed by atoms with Gasteiger partial charge in [0.2, 0.25) is 0 Å². The van der Waals surface area contributed by atoms with Gasteiger partial charge in [0.1, 0.15) is 5.65 Å². The smallest absolute Gasteiger partial charge is 0.137 e. The van der Waals surface area contributed by atoms with Crippen molar-refractivity contribution in [3.63, 3.8) is 0 Å². The number of nitrogens with one attached hydrogen (secondary N) is 1. The first-order chi connectivity index (χ1) is 9.24. The molecule has 1 N–H and O–H groups in total. The van der Waals surface area contributed by atoms with Gasteiger partial charge in [-0.25, -0.2) is 4.98 Å². The molecule has 0 saturated heterocycles. The fourth-order valence-corrected chi connectivity index (χ4v) is 2.41. The Balaban J connectivity index is 2.08. The molecule has 2 heterocycles. The number of rotatable bonds is 3. The maximum atomic E-state index is 4.33. The summed E-state index contributed by atoms with van der Waals surface area (Å²) in [6, 6.07) is 12.8.